The van der Waals surface area contributed by atoms with E-state index in [2.05, 4.69) is 5.16 Å². The van der Waals surface area contributed by atoms with Gasteiger partial charge in [0.15, 0.2) is 0 Å². The van der Waals surface area contributed by atoms with Crippen molar-refractivity contribution in [2.24, 2.45) is 5.16 Å². The Morgan fingerprint density at radius 2 is 1.61 bits per heavy atom. The van der Waals surface area contributed by atoms with Gasteiger partial charge in [-0.2, -0.15) is 0 Å². The van der Waals surface area contributed by atoms with Crippen LogP contribution in [0.4, 0.5) is 8.78 Å². The van der Waals surface area contributed by atoms with Gasteiger partial charge in [0.2, 0.25) is 0 Å². The molecule has 92 valence electrons. The quantitative estimate of drug-likeness (QED) is 0.503. The zero-order valence-electron chi connectivity index (χ0n) is 9.48. The molecule has 0 fully saturated rings. The standard InChI is InChI=1S/C14H11F2NO/c15-12-7-11(8-13(16)9-12)14(17-18)6-10-4-2-1-3-5-10/h1-5,7-9,18H,6H2. The van der Waals surface area contributed by atoms with Crippen molar-refractivity contribution < 1.29 is 14.0 Å². The van der Waals surface area contributed by atoms with Crippen molar-refractivity contribution >= 4 is 5.71 Å². The third-order valence-corrected chi connectivity index (χ3v) is 2.53. The lowest BCUT2D eigenvalue weighted by molar-refractivity contribution is 0.318. The van der Waals surface area contributed by atoms with E-state index < -0.39 is 11.6 Å². The van der Waals surface area contributed by atoms with Gasteiger partial charge in [-0.1, -0.05) is 35.5 Å². The zero-order valence-corrected chi connectivity index (χ0v) is 9.48. The van der Waals surface area contributed by atoms with E-state index in [4.69, 9.17) is 5.21 Å². The summed E-state index contributed by atoms with van der Waals surface area (Å²) in [5, 5.41) is 12.1. The minimum Gasteiger partial charge on any atom is -0.411 e. The van der Waals surface area contributed by atoms with Crippen LogP contribution in [-0.2, 0) is 6.42 Å². The van der Waals surface area contributed by atoms with Crippen LogP contribution in [0.2, 0.25) is 0 Å². The maximum Gasteiger partial charge on any atom is 0.126 e. The van der Waals surface area contributed by atoms with Crippen molar-refractivity contribution in [2.45, 2.75) is 6.42 Å². The van der Waals surface area contributed by atoms with Gasteiger partial charge < -0.3 is 5.21 Å². The van der Waals surface area contributed by atoms with Crippen LogP contribution in [0.5, 0.6) is 0 Å². The molecular formula is C14H11F2NO. The van der Waals surface area contributed by atoms with Gasteiger partial charge in [0.1, 0.15) is 11.6 Å². The highest BCUT2D eigenvalue weighted by molar-refractivity contribution is 6.01. The average Bonchev–Trinajstić information content (AvgIpc) is 2.36. The Hall–Kier alpha value is -2.23. The van der Waals surface area contributed by atoms with Crippen molar-refractivity contribution in [3.8, 4) is 0 Å². The predicted molar refractivity (Wildman–Crippen MR) is 64.8 cm³/mol. The molecule has 0 aliphatic rings. The number of hydrogen-bond donors (Lipinski definition) is 1. The molecule has 2 rings (SSSR count). The molecule has 0 saturated heterocycles. The van der Waals surface area contributed by atoms with Crippen LogP contribution in [0.25, 0.3) is 0 Å². The Balaban J connectivity index is 2.29. The van der Waals surface area contributed by atoms with Gasteiger partial charge >= 0.3 is 0 Å². The molecule has 4 heteroatoms. The average molecular weight is 247 g/mol. The molecule has 0 radical (unpaired) electrons. The summed E-state index contributed by atoms with van der Waals surface area (Å²) < 4.78 is 26.2. The number of halogens is 2. The summed E-state index contributed by atoms with van der Waals surface area (Å²) in [4.78, 5) is 0. The Kier molecular flexibility index (Phi) is 3.67. The molecule has 0 aromatic heterocycles. The Morgan fingerprint density at radius 3 is 2.17 bits per heavy atom. The first-order chi connectivity index (χ1) is 8.69. The van der Waals surface area contributed by atoms with E-state index >= 15 is 0 Å². The summed E-state index contributed by atoms with van der Waals surface area (Å²) in [5.74, 6) is -1.39. The molecule has 0 saturated carbocycles. The van der Waals surface area contributed by atoms with E-state index in [0.29, 0.717) is 6.42 Å². The largest absolute Gasteiger partial charge is 0.411 e. The summed E-state index contributed by atoms with van der Waals surface area (Å²) in [6, 6.07) is 12.3. The molecule has 0 aliphatic carbocycles. The normalized spacial score (nSPS) is 11.6. The molecular weight excluding hydrogens is 236 g/mol. The van der Waals surface area contributed by atoms with Gasteiger partial charge in [-0.25, -0.2) is 8.78 Å². The predicted octanol–water partition coefficient (Wildman–Crippen LogP) is 3.39. The molecule has 18 heavy (non-hydrogen) atoms. The third kappa shape index (κ3) is 2.91. The molecule has 1 N–H and O–H groups in total. The molecule has 0 amide bonds. The zero-order chi connectivity index (χ0) is 13.0. The van der Waals surface area contributed by atoms with E-state index in [1.807, 2.05) is 30.3 Å². The monoisotopic (exact) mass is 247 g/mol. The van der Waals surface area contributed by atoms with E-state index in [9.17, 15) is 8.78 Å². The maximum absolute atomic E-state index is 13.1. The number of benzene rings is 2. The van der Waals surface area contributed by atoms with Gasteiger partial charge in [0.05, 0.1) is 5.71 Å². The molecule has 0 atom stereocenters. The fourth-order valence-corrected chi connectivity index (χ4v) is 1.70. The highest BCUT2D eigenvalue weighted by Crippen LogP contribution is 2.12. The first kappa shape index (κ1) is 12.2. The summed E-state index contributed by atoms with van der Waals surface area (Å²) in [7, 11) is 0. The van der Waals surface area contributed by atoms with E-state index in [0.717, 1.165) is 23.8 Å². The summed E-state index contributed by atoms with van der Waals surface area (Å²) in [6.07, 6.45) is 0.306. The summed E-state index contributed by atoms with van der Waals surface area (Å²) in [5.41, 5.74) is 1.36. The van der Waals surface area contributed by atoms with Gasteiger partial charge in [-0.05, 0) is 17.7 Å². The van der Waals surface area contributed by atoms with Crippen LogP contribution in [0.1, 0.15) is 11.1 Å². The first-order valence-electron chi connectivity index (χ1n) is 5.40. The van der Waals surface area contributed by atoms with Crippen molar-refractivity contribution in [2.75, 3.05) is 0 Å². The SMILES string of the molecule is ON=C(Cc1ccccc1)c1cc(F)cc(F)c1. The topological polar surface area (TPSA) is 32.6 Å². The highest BCUT2D eigenvalue weighted by atomic mass is 19.1. The number of rotatable bonds is 3. The van der Waals surface area contributed by atoms with Crippen molar-refractivity contribution in [3.63, 3.8) is 0 Å². The second kappa shape index (κ2) is 5.40. The van der Waals surface area contributed by atoms with Gasteiger partial charge in [-0.15, -0.1) is 0 Å². The molecule has 2 aromatic rings. The fourth-order valence-electron chi connectivity index (χ4n) is 1.70. The van der Waals surface area contributed by atoms with Crippen LogP contribution in [0, 0.1) is 11.6 Å². The number of oxime groups is 1. The Bertz CT molecular complexity index is 547. The summed E-state index contributed by atoms with van der Waals surface area (Å²) >= 11 is 0. The lowest BCUT2D eigenvalue weighted by Gasteiger charge is -2.05. The van der Waals surface area contributed by atoms with Crippen LogP contribution >= 0.6 is 0 Å². The minimum atomic E-state index is -0.695. The lowest BCUT2D eigenvalue weighted by Crippen LogP contribution is -2.06. The number of nitrogens with zero attached hydrogens (tertiary/aromatic N) is 1. The minimum absolute atomic E-state index is 0.222. The van der Waals surface area contributed by atoms with Crippen LogP contribution in [0.3, 0.4) is 0 Å². The molecule has 0 aliphatic heterocycles. The van der Waals surface area contributed by atoms with Gasteiger partial charge in [0.25, 0.3) is 0 Å². The third-order valence-electron chi connectivity index (χ3n) is 2.53. The maximum atomic E-state index is 13.1. The lowest BCUT2D eigenvalue weighted by atomic mass is 10.0. The molecule has 0 spiro atoms. The molecule has 2 aromatic carbocycles. The molecule has 2 nitrogen and oxygen atoms in total. The fraction of sp³-hybridized carbons (Fsp3) is 0.0714. The first-order valence-corrected chi connectivity index (χ1v) is 5.40. The Labute approximate surface area is 103 Å². The van der Waals surface area contributed by atoms with E-state index in [1.165, 1.54) is 0 Å². The highest BCUT2D eigenvalue weighted by Gasteiger charge is 2.09. The second-order valence-electron chi connectivity index (χ2n) is 3.87. The van der Waals surface area contributed by atoms with E-state index in [-0.39, 0.29) is 11.3 Å². The number of hydrogen-bond acceptors (Lipinski definition) is 2. The van der Waals surface area contributed by atoms with Gasteiger partial charge in [0, 0.05) is 18.1 Å². The Morgan fingerprint density at radius 1 is 1.00 bits per heavy atom. The van der Waals surface area contributed by atoms with Crippen molar-refractivity contribution in [1.82, 2.24) is 0 Å². The van der Waals surface area contributed by atoms with Crippen LogP contribution < -0.4 is 0 Å². The summed E-state index contributed by atoms with van der Waals surface area (Å²) in [6.45, 7) is 0. The van der Waals surface area contributed by atoms with E-state index in [1.54, 1.807) is 0 Å². The van der Waals surface area contributed by atoms with Crippen molar-refractivity contribution in [3.05, 3.63) is 71.3 Å². The van der Waals surface area contributed by atoms with Gasteiger partial charge in [-0.3, -0.25) is 0 Å². The second-order valence-corrected chi connectivity index (χ2v) is 3.87. The van der Waals surface area contributed by atoms with Crippen molar-refractivity contribution in [1.29, 1.82) is 0 Å². The van der Waals surface area contributed by atoms with Crippen LogP contribution in [-0.4, -0.2) is 10.9 Å². The smallest absolute Gasteiger partial charge is 0.126 e. The molecule has 0 heterocycles. The van der Waals surface area contributed by atoms with Crippen LogP contribution in [0.15, 0.2) is 53.7 Å². The molecule has 0 bridgehead atoms. The molecule has 0 unspecified atom stereocenters.